The van der Waals surface area contributed by atoms with Crippen LogP contribution >= 0.6 is 0 Å². The standard InChI is InChI=1S/C19H31NO/c1-15-4-7-18(8-5-15)14-20-16(2)6-9-17-10-12-19(21-3)13-11-17/h10-13,15-16,18,20H,4-9,14H2,1-3H3. The molecule has 0 aromatic heterocycles. The second-order valence-electron chi connectivity index (χ2n) is 6.82. The van der Waals surface area contributed by atoms with Crippen LogP contribution in [0.3, 0.4) is 0 Å². The maximum Gasteiger partial charge on any atom is 0.118 e. The molecule has 2 heteroatoms. The lowest BCUT2D eigenvalue weighted by molar-refractivity contribution is 0.274. The molecule has 1 atom stereocenters. The Balaban J connectivity index is 1.63. The number of rotatable bonds is 7. The molecule has 1 aromatic rings. The highest BCUT2D eigenvalue weighted by Gasteiger charge is 2.18. The molecular formula is C19H31NO. The maximum atomic E-state index is 5.20. The summed E-state index contributed by atoms with van der Waals surface area (Å²) >= 11 is 0. The molecule has 2 nitrogen and oxygen atoms in total. The maximum absolute atomic E-state index is 5.20. The molecule has 1 aliphatic rings. The first-order valence-corrected chi connectivity index (χ1v) is 8.53. The van der Waals surface area contributed by atoms with Crippen LogP contribution in [-0.4, -0.2) is 19.7 Å². The summed E-state index contributed by atoms with van der Waals surface area (Å²) < 4.78 is 5.20. The van der Waals surface area contributed by atoms with Crippen LogP contribution in [0, 0.1) is 11.8 Å². The summed E-state index contributed by atoms with van der Waals surface area (Å²) in [6, 6.07) is 9.06. The van der Waals surface area contributed by atoms with Gasteiger partial charge in [0.1, 0.15) is 5.75 Å². The van der Waals surface area contributed by atoms with E-state index in [1.807, 2.05) is 0 Å². The van der Waals surface area contributed by atoms with E-state index in [-0.39, 0.29) is 0 Å². The Hall–Kier alpha value is -1.02. The van der Waals surface area contributed by atoms with Gasteiger partial charge in [-0.2, -0.15) is 0 Å². The highest BCUT2D eigenvalue weighted by molar-refractivity contribution is 5.27. The monoisotopic (exact) mass is 289 g/mol. The summed E-state index contributed by atoms with van der Waals surface area (Å²) in [6.45, 7) is 5.91. The van der Waals surface area contributed by atoms with Gasteiger partial charge in [0, 0.05) is 6.04 Å². The van der Waals surface area contributed by atoms with E-state index in [9.17, 15) is 0 Å². The van der Waals surface area contributed by atoms with Crippen LogP contribution in [0.4, 0.5) is 0 Å². The molecule has 0 radical (unpaired) electrons. The van der Waals surface area contributed by atoms with Gasteiger partial charge >= 0.3 is 0 Å². The zero-order valence-corrected chi connectivity index (χ0v) is 13.9. The van der Waals surface area contributed by atoms with Crippen LogP contribution in [0.2, 0.25) is 0 Å². The second kappa shape index (κ2) is 8.43. The van der Waals surface area contributed by atoms with Crippen molar-refractivity contribution >= 4 is 0 Å². The van der Waals surface area contributed by atoms with Crippen LogP contribution in [0.1, 0.15) is 51.5 Å². The second-order valence-corrected chi connectivity index (χ2v) is 6.82. The molecule has 0 aliphatic heterocycles. The molecule has 1 aromatic carbocycles. The van der Waals surface area contributed by atoms with Gasteiger partial charge in [-0.3, -0.25) is 0 Å². The fourth-order valence-corrected chi connectivity index (χ4v) is 3.18. The zero-order chi connectivity index (χ0) is 15.1. The van der Waals surface area contributed by atoms with E-state index in [4.69, 9.17) is 4.74 Å². The average molecular weight is 289 g/mol. The van der Waals surface area contributed by atoms with Crippen molar-refractivity contribution in [1.29, 1.82) is 0 Å². The Morgan fingerprint density at radius 1 is 1.14 bits per heavy atom. The first-order chi connectivity index (χ1) is 10.2. The minimum Gasteiger partial charge on any atom is -0.497 e. The molecule has 0 amide bonds. The highest BCUT2D eigenvalue weighted by atomic mass is 16.5. The zero-order valence-electron chi connectivity index (χ0n) is 13.9. The number of aryl methyl sites for hydroxylation is 1. The fraction of sp³-hybridized carbons (Fsp3) is 0.684. The third-order valence-corrected chi connectivity index (χ3v) is 4.92. The van der Waals surface area contributed by atoms with Crippen molar-refractivity contribution in [2.75, 3.05) is 13.7 Å². The van der Waals surface area contributed by atoms with Crippen molar-refractivity contribution in [3.8, 4) is 5.75 Å². The van der Waals surface area contributed by atoms with Gasteiger partial charge in [0.25, 0.3) is 0 Å². The van der Waals surface area contributed by atoms with E-state index in [1.54, 1.807) is 7.11 Å². The molecule has 2 rings (SSSR count). The Bertz CT molecular complexity index is 393. The predicted molar refractivity (Wildman–Crippen MR) is 89.9 cm³/mol. The first kappa shape index (κ1) is 16.4. The highest BCUT2D eigenvalue weighted by Crippen LogP contribution is 2.27. The molecule has 0 heterocycles. The topological polar surface area (TPSA) is 21.3 Å². The van der Waals surface area contributed by atoms with Crippen molar-refractivity contribution in [3.63, 3.8) is 0 Å². The molecule has 1 N–H and O–H groups in total. The number of nitrogens with one attached hydrogen (secondary N) is 1. The Morgan fingerprint density at radius 2 is 1.81 bits per heavy atom. The number of ether oxygens (including phenoxy) is 1. The van der Waals surface area contributed by atoms with Crippen molar-refractivity contribution < 1.29 is 4.74 Å². The predicted octanol–water partition coefficient (Wildman–Crippen LogP) is 4.43. The van der Waals surface area contributed by atoms with Gasteiger partial charge in [0.05, 0.1) is 7.11 Å². The average Bonchev–Trinajstić information content (AvgIpc) is 2.53. The summed E-state index contributed by atoms with van der Waals surface area (Å²) in [6.07, 6.45) is 8.02. The summed E-state index contributed by atoms with van der Waals surface area (Å²) in [5.41, 5.74) is 1.40. The SMILES string of the molecule is COc1ccc(CCC(C)NCC2CCC(C)CC2)cc1. The molecule has 21 heavy (non-hydrogen) atoms. The summed E-state index contributed by atoms with van der Waals surface area (Å²) in [5, 5.41) is 3.74. The number of hydrogen-bond acceptors (Lipinski definition) is 2. The molecule has 1 saturated carbocycles. The number of methoxy groups -OCH3 is 1. The smallest absolute Gasteiger partial charge is 0.118 e. The van der Waals surface area contributed by atoms with Gasteiger partial charge in [-0.05, 0) is 68.7 Å². The lowest BCUT2D eigenvalue weighted by atomic mass is 9.83. The van der Waals surface area contributed by atoms with Gasteiger partial charge < -0.3 is 10.1 Å². The molecule has 0 bridgehead atoms. The van der Waals surface area contributed by atoms with E-state index in [0.717, 1.165) is 24.0 Å². The van der Waals surface area contributed by atoms with Crippen molar-refractivity contribution in [2.24, 2.45) is 11.8 Å². The molecule has 0 saturated heterocycles. The molecule has 1 unspecified atom stereocenters. The van der Waals surface area contributed by atoms with Crippen LogP contribution < -0.4 is 10.1 Å². The fourth-order valence-electron chi connectivity index (χ4n) is 3.18. The van der Waals surface area contributed by atoms with E-state index in [1.165, 1.54) is 44.2 Å². The summed E-state index contributed by atoms with van der Waals surface area (Å²) in [5.74, 6) is 2.80. The van der Waals surface area contributed by atoms with Crippen molar-refractivity contribution in [3.05, 3.63) is 29.8 Å². The molecule has 1 aliphatic carbocycles. The Labute approximate surface area is 130 Å². The van der Waals surface area contributed by atoms with Gasteiger partial charge in [-0.25, -0.2) is 0 Å². The quantitative estimate of drug-likeness (QED) is 0.801. The van der Waals surface area contributed by atoms with E-state index < -0.39 is 0 Å². The van der Waals surface area contributed by atoms with Crippen LogP contribution in [-0.2, 0) is 6.42 Å². The van der Waals surface area contributed by atoms with Gasteiger partial charge in [-0.1, -0.05) is 31.9 Å². The van der Waals surface area contributed by atoms with Crippen LogP contribution in [0.15, 0.2) is 24.3 Å². The van der Waals surface area contributed by atoms with Gasteiger partial charge in [0.2, 0.25) is 0 Å². The number of hydrogen-bond donors (Lipinski definition) is 1. The van der Waals surface area contributed by atoms with Gasteiger partial charge in [-0.15, -0.1) is 0 Å². The minimum absolute atomic E-state index is 0.603. The third kappa shape index (κ3) is 5.70. The summed E-state index contributed by atoms with van der Waals surface area (Å²) in [7, 11) is 1.72. The van der Waals surface area contributed by atoms with Crippen molar-refractivity contribution in [2.45, 2.75) is 58.4 Å². The van der Waals surface area contributed by atoms with E-state index in [0.29, 0.717) is 6.04 Å². The lowest BCUT2D eigenvalue weighted by Crippen LogP contribution is -2.33. The Kier molecular flexibility index (Phi) is 6.56. The molecular weight excluding hydrogens is 258 g/mol. The Morgan fingerprint density at radius 3 is 2.43 bits per heavy atom. The normalized spacial score (nSPS) is 23.8. The molecule has 0 spiro atoms. The van der Waals surface area contributed by atoms with Crippen molar-refractivity contribution in [1.82, 2.24) is 5.32 Å². The lowest BCUT2D eigenvalue weighted by Gasteiger charge is -2.27. The summed E-state index contributed by atoms with van der Waals surface area (Å²) in [4.78, 5) is 0. The first-order valence-electron chi connectivity index (χ1n) is 8.53. The third-order valence-electron chi connectivity index (χ3n) is 4.92. The largest absolute Gasteiger partial charge is 0.497 e. The van der Waals surface area contributed by atoms with Crippen LogP contribution in [0.5, 0.6) is 5.75 Å². The molecule has 1 fully saturated rings. The van der Waals surface area contributed by atoms with E-state index in [2.05, 4.69) is 43.4 Å². The molecule has 118 valence electrons. The van der Waals surface area contributed by atoms with Gasteiger partial charge in [0.15, 0.2) is 0 Å². The van der Waals surface area contributed by atoms with E-state index >= 15 is 0 Å². The van der Waals surface area contributed by atoms with Crippen LogP contribution in [0.25, 0.3) is 0 Å². The number of benzene rings is 1. The minimum atomic E-state index is 0.603.